The van der Waals surface area contributed by atoms with Gasteiger partial charge in [-0.05, 0) is 20.0 Å². The van der Waals surface area contributed by atoms with Crippen molar-refractivity contribution in [3.05, 3.63) is 0 Å². The van der Waals surface area contributed by atoms with E-state index in [1.165, 1.54) is 32.6 Å². The van der Waals surface area contributed by atoms with Gasteiger partial charge in [0.1, 0.15) is 0 Å². The van der Waals surface area contributed by atoms with Crippen LogP contribution in [-0.4, -0.2) is 102 Å². The average Bonchev–Trinajstić information content (AvgIpc) is 2.48. The first kappa shape index (κ1) is 19.1. The van der Waals surface area contributed by atoms with Gasteiger partial charge in [-0.2, -0.15) is 0 Å². The Morgan fingerprint density at radius 1 is 0.826 bits per heavy atom. The van der Waals surface area contributed by atoms with Crippen LogP contribution in [0.2, 0.25) is 0 Å². The van der Waals surface area contributed by atoms with Crippen LogP contribution in [0.1, 0.15) is 13.3 Å². The quantitative estimate of drug-likeness (QED) is 0.433. The fourth-order valence-corrected chi connectivity index (χ4v) is 3.53. The SMILES string of the molecule is CCCNCCOCCN1CC2(CN(CCOCCNC)C2)C1. The molecule has 0 aromatic rings. The van der Waals surface area contributed by atoms with E-state index in [2.05, 4.69) is 27.4 Å². The van der Waals surface area contributed by atoms with Crippen LogP contribution in [0.3, 0.4) is 0 Å². The molecule has 0 radical (unpaired) electrons. The van der Waals surface area contributed by atoms with Crippen molar-refractivity contribution in [3.63, 3.8) is 0 Å². The van der Waals surface area contributed by atoms with E-state index in [-0.39, 0.29) is 0 Å². The summed E-state index contributed by atoms with van der Waals surface area (Å²) in [6, 6.07) is 0. The van der Waals surface area contributed by atoms with Crippen LogP contribution in [0, 0.1) is 5.41 Å². The maximum Gasteiger partial charge on any atom is 0.0594 e. The van der Waals surface area contributed by atoms with E-state index >= 15 is 0 Å². The zero-order valence-electron chi connectivity index (χ0n) is 15.1. The lowest BCUT2D eigenvalue weighted by molar-refractivity contribution is -0.123. The number of hydrogen-bond acceptors (Lipinski definition) is 6. The van der Waals surface area contributed by atoms with Crippen molar-refractivity contribution < 1.29 is 9.47 Å². The smallest absolute Gasteiger partial charge is 0.0594 e. The molecule has 1 spiro atoms. The van der Waals surface area contributed by atoms with Crippen molar-refractivity contribution in [2.75, 3.05) is 92.4 Å². The zero-order valence-corrected chi connectivity index (χ0v) is 15.1. The normalized spacial score (nSPS) is 20.6. The molecule has 2 N–H and O–H groups in total. The molecule has 0 aromatic carbocycles. The second-order valence-corrected chi connectivity index (χ2v) is 7.00. The van der Waals surface area contributed by atoms with Crippen molar-refractivity contribution in [2.45, 2.75) is 13.3 Å². The van der Waals surface area contributed by atoms with E-state index < -0.39 is 0 Å². The third-order valence-corrected chi connectivity index (χ3v) is 4.69. The first-order valence-electron chi connectivity index (χ1n) is 9.23. The summed E-state index contributed by atoms with van der Waals surface area (Å²) in [6.45, 7) is 15.7. The molecule has 0 saturated carbocycles. The fraction of sp³-hybridized carbons (Fsp3) is 1.00. The monoisotopic (exact) mass is 328 g/mol. The lowest BCUT2D eigenvalue weighted by Crippen LogP contribution is -2.72. The predicted molar refractivity (Wildman–Crippen MR) is 94.0 cm³/mol. The molecule has 2 saturated heterocycles. The number of hydrogen-bond donors (Lipinski definition) is 2. The summed E-state index contributed by atoms with van der Waals surface area (Å²) in [4.78, 5) is 5.05. The highest BCUT2D eigenvalue weighted by atomic mass is 16.5. The summed E-state index contributed by atoms with van der Waals surface area (Å²) < 4.78 is 11.3. The minimum atomic E-state index is 0.591. The molecule has 2 aliphatic heterocycles. The molecule has 2 rings (SSSR count). The van der Waals surface area contributed by atoms with Crippen molar-refractivity contribution >= 4 is 0 Å². The van der Waals surface area contributed by atoms with Crippen LogP contribution in [0.4, 0.5) is 0 Å². The Hall–Kier alpha value is -0.240. The number of likely N-dealkylation sites (N-methyl/N-ethyl adjacent to an activating group) is 1. The Morgan fingerprint density at radius 2 is 1.39 bits per heavy atom. The van der Waals surface area contributed by atoms with Gasteiger partial charge < -0.3 is 20.1 Å². The van der Waals surface area contributed by atoms with Crippen molar-refractivity contribution in [3.8, 4) is 0 Å². The van der Waals surface area contributed by atoms with Gasteiger partial charge in [0.15, 0.2) is 0 Å². The molecule has 2 fully saturated rings. The Balaban J connectivity index is 1.37. The summed E-state index contributed by atoms with van der Waals surface area (Å²) in [5.74, 6) is 0. The van der Waals surface area contributed by atoms with Crippen molar-refractivity contribution in [2.24, 2.45) is 5.41 Å². The lowest BCUT2D eigenvalue weighted by atomic mass is 9.73. The van der Waals surface area contributed by atoms with Crippen molar-refractivity contribution in [1.29, 1.82) is 0 Å². The van der Waals surface area contributed by atoms with E-state index in [1.807, 2.05) is 7.05 Å². The number of ether oxygens (including phenoxy) is 2. The highest BCUT2D eigenvalue weighted by molar-refractivity contribution is 5.05. The zero-order chi connectivity index (χ0) is 16.4. The predicted octanol–water partition coefficient (Wildman–Crippen LogP) is -0.144. The Morgan fingerprint density at radius 3 is 1.91 bits per heavy atom. The van der Waals surface area contributed by atoms with Gasteiger partial charge in [-0.3, -0.25) is 9.80 Å². The van der Waals surface area contributed by atoms with E-state index in [0.29, 0.717) is 5.41 Å². The molecule has 136 valence electrons. The number of likely N-dealkylation sites (tertiary alicyclic amines) is 2. The van der Waals surface area contributed by atoms with Gasteiger partial charge >= 0.3 is 0 Å². The molecule has 0 aliphatic carbocycles. The number of nitrogens with one attached hydrogen (secondary N) is 2. The molecule has 0 atom stereocenters. The minimum absolute atomic E-state index is 0.591. The van der Waals surface area contributed by atoms with Gasteiger partial charge in [0.2, 0.25) is 0 Å². The van der Waals surface area contributed by atoms with E-state index in [0.717, 1.165) is 59.2 Å². The van der Waals surface area contributed by atoms with E-state index in [1.54, 1.807) is 0 Å². The first-order valence-corrected chi connectivity index (χ1v) is 9.23. The van der Waals surface area contributed by atoms with Crippen LogP contribution in [0.15, 0.2) is 0 Å². The van der Waals surface area contributed by atoms with Gasteiger partial charge in [-0.1, -0.05) is 6.92 Å². The average molecular weight is 329 g/mol. The van der Waals surface area contributed by atoms with E-state index in [9.17, 15) is 0 Å². The summed E-state index contributed by atoms with van der Waals surface area (Å²) in [7, 11) is 1.96. The number of rotatable bonds is 14. The minimum Gasteiger partial charge on any atom is -0.379 e. The van der Waals surface area contributed by atoms with Gasteiger partial charge in [-0.15, -0.1) is 0 Å². The molecule has 0 unspecified atom stereocenters. The fourth-order valence-electron chi connectivity index (χ4n) is 3.53. The van der Waals surface area contributed by atoms with Gasteiger partial charge in [0.25, 0.3) is 0 Å². The Labute approximate surface area is 141 Å². The molecule has 2 aliphatic rings. The summed E-state index contributed by atoms with van der Waals surface area (Å²) in [5.41, 5.74) is 0.591. The topological polar surface area (TPSA) is 49.0 Å². The molecule has 6 heteroatoms. The molecule has 6 nitrogen and oxygen atoms in total. The third kappa shape index (κ3) is 6.64. The highest BCUT2D eigenvalue weighted by Gasteiger charge is 2.50. The molecule has 0 bridgehead atoms. The summed E-state index contributed by atoms with van der Waals surface area (Å²) >= 11 is 0. The molecule has 23 heavy (non-hydrogen) atoms. The standard InChI is InChI=1S/C17H36N4O2/c1-3-4-19-6-10-23-12-8-21-15-17(16-21)13-20(14-17)7-11-22-9-5-18-2/h18-19H,3-16H2,1-2H3. The Bertz CT molecular complexity index is 303. The van der Waals surface area contributed by atoms with Gasteiger partial charge in [0, 0.05) is 57.8 Å². The summed E-state index contributed by atoms with van der Waals surface area (Å²) in [6.07, 6.45) is 1.19. The molecular formula is C17H36N4O2. The Kier molecular flexibility index (Phi) is 8.79. The van der Waals surface area contributed by atoms with Gasteiger partial charge in [-0.25, -0.2) is 0 Å². The van der Waals surface area contributed by atoms with E-state index in [4.69, 9.17) is 9.47 Å². The third-order valence-electron chi connectivity index (χ3n) is 4.69. The molecule has 0 amide bonds. The lowest BCUT2D eigenvalue weighted by Gasteiger charge is -2.60. The molecule has 0 aromatic heterocycles. The first-order chi connectivity index (χ1) is 11.3. The maximum atomic E-state index is 5.68. The second kappa shape index (κ2) is 10.6. The van der Waals surface area contributed by atoms with Crippen molar-refractivity contribution in [1.82, 2.24) is 20.4 Å². The van der Waals surface area contributed by atoms with Crippen LogP contribution >= 0.6 is 0 Å². The molecule has 2 heterocycles. The largest absolute Gasteiger partial charge is 0.379 e. The van der Waals surface area contributed by atoms with Gasteiger partial charge in [0.05, 0.1) is 26.4 Å². The van der Waals surface area contributed by atoms with Crippen LogP contribution in [0.25, 0.3) is 0 Å². The number of nitrogens with zero attached hydrogens (tertiary/aromatic N) is 2. The highest BCUT2D eigenvalue weighted by Crippen LogP contribution is 2.38. The maximum absolute atomic E-state index is 5.68. The summed E-state index contributed by atoms with van der Waals surface area (Å²) in [5, 5.41) is 6.45. The second-order valence-electron chi connectivity index (χ2n) is 7.00. The van der Waals surface area contributed by atoms with Crippen LogP contribution in [0.5, 0.6) is 0 Å². The van der Waals surface area contributed by atoms with Crippen LogP contribution in [-0.2, 0) is 9.47 Å². The van der Waals surface area contributed by atoms with Crippen LogP contribution < -0.4 is 10.6 Å². The molecular weight excluding hydrogens is 292 g/mol.